The first-order valence-electron chi connectivity index (χ1n) is 13.0. The summed E-state index contributed by atoms with van der Waals surface area (Å²) in [7, 11) is 4.13. The molecule has 0 spiro atoms. The van der Waals surface area contributed by atoms with Gasteiger partial charge in [-0.05, 0) is 62.8 Å². The minimum atomic E-state index is 0.0264. The largest absolute Gasteiger partial charge is 0.494 e. The Morgan fingerprint density at radius 3 is 2.50 bits per heavy atom. The number of nitrogens with zero attached hydrogens (tertiary/aromatic N) is 4. The summed E-state index contributed by atoms with van der Waals surface area (Å²) in [6.07, 6.45) is 5.47. The summed E-state index contributed by atoms with van der Waals surface area (Å²) >= 11 is 6.07. The van der Waals surface area contributed by atoms with Crippen molar-refractivity contribution in [2.45, 2.75) is 51.6 Å². The number of rotatable bonds is 12. The molecule has 6 nitrogen and oxygen atoms in total. The molecule has 0 N–H and O–H groups in total. The molecule has 0 radical (unpaired) electrons. The highest BCUT2D eigenvalue weighted by atomic mass is 35.5. The zero-order valence-corrected chi connectivity index (χ0v) is 22.4. The van der Waals surface area contributed by atoms with E-state index < -0.39 is 0 Å². The molecule has 2 aromatic carbocycles. The van der Waals surface area contributed by atoms with Crippen LogP contribution >= 0.6 is 11.6 Å². The first-order valence-corrected chi connectivity index (χ1v) is 13.3. The molecule has 1 unspecified atom stereocenters. The van der Waals surface area contributed by atoms with Crippen LogP contribution in [-0.4, -0.2) is 59.3 Å². The lowest BCUT2D eigenvalue weighted by molar-refractivity contribution is 0.0634. The normalized spacial score (nSPS) is 15.4. The number of benzene rings is 2. The molecule has 0 bridgehead atoms. The molecule has 0 saturated carbocycles. The van der Waals surface area contributed by atoms with Gasteiger partial charge < -0.3 is 14.5 Å². The number of halogens is 1. The van der Waals surface area contributed by atoms with Crippen molar-refractivity contribution in [1.29, 1.82) is 0 Å². The lowest BCUT2D eigenvalue weighted by atomic mass is 10.0. The Bertz CT molecular complexity index is 1130. The molecule has 3 aromatic rings. The summed E-state index contributed by atoms with van der Waals surface area (Å²) in [6.45, 7) is 5.16. The third kappa shape index (κ3) is 6.68. The first-order chi connectivity index (χ1) is 17.4. The van der Waals surface area contributed by atoms with Gasteiger partial charge in [0.25, 0.3) is 5.91 Å². The Balaban J connectivity index is 1.48. The van der Waals surface area contributed by atoms with Crippen LogP contribution in [0.4, 0.5) is 0 Å². The van der Waals surface area contributed by atoms with E-state index in [1.807, 2.05) is 52.0 Å². The maximum absolute atomic E-state index is 13.5. The molecule has 1 amide bonds. The fourth-order valence-corrected chi connectivity index (χ4v) is 4.76. The van der Waals surface area contributed by atoms with Gasteiger partial charge in [-0.2, -0.15) is 5.10 Å². The minimum absolute atomic E-state index is 0.0264. The predicted molar refractivity (Wildman–Crippen MR) is 146 cm³/mol. The maximum Gasteiger partial charge on any atom is 0.272 e. The van der Waals surface area contributed by atoms with E-state index in [-0.39, 0.29) is 11.9 Å². The van der Waals surface area contributed by atoms with E-state index in [4.69, 9.17) is 21.4 Å². The zero-order valence-electron chi connectivity index (χ0n) is 21.6. The molecular weight excluding hydrogens is 472 g/mol. The number of hydrogen-bond acceptors (Lipinski definition) is 4. The second-order valence-electron chi connectivity index (χ2n) is 9.85. The molecular formula is C29H37ClN4O2. The summed E-state index contributed by atoms with van der Waals surface area (Å²) in [4.78, 5) is 17.6. The topological polar surface area (TPSA) is 50.6 Å². The van der Waals surface area contributed by atoms with E-state index in [1.165, 1.54) is 12.8 Å². The number of unbranched alkanes of at least 4 members (excludes halogenated alkanes) is 2. The molecule has 4 rings (SSSR count). The van der Waals surface area contributed by atoms with E-state index in [0.717, 1.165) is 48.4 Å². The SMILES string of the molecule is CCCCCC1CN(Cc2ccc(OCCCN(C)C)cc2)C(=O)c2cc(-c3ccc(Cl)cc3)nn21. The standard InChI is InChI=1S/C29H37ClN4O2/c1-4-5-6-8-25-21-33(20-22-9-15-26(16-10-22)36-18-7-17-32(2)3)29(35)28-19-27(31-34(25)28)23-11-13-24(30)14-12-23/h9-16,19,25H,4-8,17-18,20-21H2,1-3H3. The molecule has 1 atom stereocenters. The van der Waals surface area contributed by atoms with Crippen molar-refractivity contribution in [3.05, 3.63) is 70.9 Å². The lowest BCUT2D eigenvalue weighted by Gasteiger charge is -2.33. The van der Waals surface area contributed by atoms with Crippen LogP contribution in [0.5, 0.6) is 5.75 Å². The second kappa shape index (κ2) is 12.4. The van der Waals surface area contributed by atoms with E-state index in [9.17, 15) is 4.79 Å². The summed E-state index contributed by atoms with van der Waals surface area (Å²) in [5.41, 5.74) is 3.54. The van der Waals surface area contributed by atoms with Gasteiger partial charge in [0.15, 0.2) is 0 Å². The molecule has 0 fully saturated rings. The average molecular weight is 509 g/mol. The molecule has 0 saturated heterocycles. The van der Waals surface area contributed by atoms with Crippen LogP contribution in [-0.2, 0) is 6.54 Å². The molecule has 1 aliphatic heterocycles. The van der Waals surface area contributed by atoms with Gasteiger partial charge in [-0.25, -0.2) is 0 Å². The van der Waals surface area contributed by atoms with Crippen LogP contribution in [0.15, 0.2) is 54.6 Å². The third-order valence-corrected chi connectivity index (χ3v) is 6.87. The Morgan fingerprint density at radius 1 is 1.06 bits per heavy atom. The van der Waals surface area contributed by atoms with Crippen molar-refractivity contribution < 1.29 is 9.53 Å². The van der Waals surface area contributed by atoms with Crippen molar-refractivity contribution in [3.8, 4) is 17.0 Å². The molecule has 1 aliphatic rings. The van der Waals surface area contributed by atoms with Gasteiger partial charge in [-0.1, -0.05) is 62.1 Å². The maximum atomic E-state index is 13.5. The van der Waals surface area contributed by atoms with E-state index in [0.29, 0.717) is 30.4 Å². The van der Waals surface area contributed by atoms with Gasteiger partial charge in [0.1, 0.15) is 11.4 Å². The summed E-state index contributed by atoms with van der Waals surface area (Å²) in [6, 6.07) is 17.8. The molecule has 0 aliphatic carbocycles. The van der Waals surface area contributed by atoms with Crippen molar-refractivity contribution in [1.82, 2.24) is 19.6 Å². The first kappa shape index (κ1) is 26.2. The van der Waals surface area contributed by atoms with Crippen LogP contribution in [0.1, 0.15) is 61.1 Å². The Morgan fingerprint density at radius 2 is 1.81 bits per heavy atom. The molecule has 1 aromatic heterocycles. The van der Waals surface area contributed by atoms with Crippen molar-refractivity contribution in [2.75, 3.05) is 33.8 Å². The zero-order chi connectivity index (χ0) is 25.5. The Labute approximate surface area is 219 Å². The number of fused-ring (bicyclic) bond motifs is 1. The fraction of sp³-hybridized carbons (Fsp3) is 0.448. The van der Waals surface area contributed by atoms with E-state index in [2.05, 4.69) is 38.1 Å². The predicted octanol–water partition coefficient (Wildman–Crippen LogP) is 6.31. The summed E-state index contributed by atoms with van der Waals surface area (Å²) in [5, 5.41) is 5.55. The molecule has 192 valence electrons. The van der Waals surface area contributed by atoms with Gasteiger partial charge in [-0.15, -0.1) is 0 Å². The monoisotopic (exact) mass is 508 g/mol. The van der Waals surface area contributed by atoms with E-state index >= 15 is 0 Å². The van der Waals surface area contributed by atoms with Crippen molar-refractivity contribution in [3.63, 3.8) is 0 Å². The summed E-state index contributed by atoms with van der Waals surface area (Å²) < 4.78 is 7.83. The molecule has 2 heterocycles. The van der Waals surface area contributed by atoms with Crippen LogP contribution in [0, 0.1) is 0 Å². The van der Waals surface area contributed by atoms with Gasteiger partial charge in [0, 0.05) is 30.2 Å². The number of ether oxygens (including phenoxy) is 1. The van der Waals surface area contributed by atoms with Gasteiger partial charge in [0.05, 0.1) is 18.3 Å². The number of amides is 1. The van der Waals surface area contributed by atoms with Crippen LogP contribution in [0.3, 0.4) is 0 Å². The highest BCUT2D eigenvalue weighted by Crippen LogP contribution is 2.31. The molecule has 36 heavy (non-hydrogen) atoms. The minimum Gasteiger partial charge on any atom is -0.494 e. The van der Waals surface area contributed by atoms with Crippen molar-refractivity contribution in [2.24, 2.45) is 0 Å². The molecule has 7 heteroatoms. The lowest BCUT2D eigenvalue weighted by Crippen LogP contribution is -2.42. The number of aromatic nitrogens is 2. The summed E-state index contributed by atoms with van der Waals surface area (Å²) in [5.74, 6) is 0.893. The average Bonchev–Trinajstić information content (AvgIpc) is 3.32. The van der Waals surface area contributed by atoms with Gasteiger partial charge in [-0.3, -0.25) is 9.48 Å². The van der Waals surface area contributed by atoms with E-state index in [1.54, 1.807) is 0 Å². The Hall–Kier alpha value is -2.83. The number of hydrogen-bond donors (Lipinski definition) is 0. The quantitative estimate of drug-likeness (QED) is 0.269. The number of carbonyl (C=O) groups is 1. The highest BCUT2D eigenvalue weighted by Gasteiger charge is 2.32. The smallest absolute Gasteiger partial charge is 0.272 e. The van der Waals surface area contributed by atoms with Crippen LogP contribution in [0.25, 0.3) is 11.3 Å². The fourth-order valence-electron chi connectivity index (χ4n) is 4.63. The Kier molecular flexibility index (Phi) is 9.05. The second-order valence-corrected chi connectivity index (χ2v) is 10.3. The number of carbonyl (C=O) groups excluding carboxylic acids is 1. The van der Waals surface area contributed by atoms with Crippen molar-refractivity contribution >= 4 is 17.5 Å². The van der Waals surface area contributed by atoms with Crippen LogP contribution < -0.4 is 4.74 Å². The highest BCUT2D eigenvalue weighted by molar-refractivity contribution is 6.30. The third-order valence-electron chi connectivity index (χ3n) is 6.62. The van der Waals surface area contributed by atoms with Gasteiger partial charge >= 0.3 is 0 Å². The van der Waals surface area contributed by atoms with Gasteiger partial charge in [0.2, 0.25) is 0 Å². The van der Waals surface area contributed by atoms with Crippen LogP contribution in [0.2, 0.25) is 5.02 Å².